The Morgan fingerprint density at radius 1 is 1.08 bits per heavy atom. The number of aromatic nitrogens is 1. The van der Waals surface area contributed by atoms with Gasteiger partial charge in [-0.1, -0.05) is 36.4 Å². The van der Waals surface area contributed by atoms with Crippen molar-refractivity contribution in [3.8, 4) is 0 Å². The van der Waals surface area contributed by atoms with Gasteiger partial charge in [0.25, 0.3) is 0 Å². The molecule has 0 aliphatic carbocycles. The van der Waals surface area contributed by atoms with E-state index in [1.54, 1.807) is 7.05 Å². The lowest BCUT2D eigenvalue weighted by atomic mass is 10.1. The van der Waals surface area contributed by atoms with Crippen molar-refractivity contribution in [1.29, 1.82) is 0 Å². The van der Waals surface area contributed by atoms with Crippen LogP contribution < -0.4 is 10.6 Å². The number of guanidine groups is 1. The molecular formula is C20H30IN5. The smallest absolute Gasteiger partial charge is 0.191 e. The molecule has 0 spiro atoms. The molecule has 142 valence electrons. The molecular weight excluding hydrogens is 437 g/mol. The van der Waals surface area contributed by atoms with Gasteiger partial charge in [-0.25, -0.2) is 0 Å². The molecule has 0 saturated heterocycles. The van der Waals surface area contributed by atoms with Gasteiger partial charge in [0.05, 0.1) is 0 Å². The summed E-state index contributed by atoms with van der Waals surface area (Å²) in [6.07, 6.45) is 3.71. The summed E-state index contributed by atoms with van der Waals surface area (Å²) in [7, 11) is 6.04. The molecule has 0 radical (unpaired) electrons. The molecule has 1 heterocycles. The van der Waals surface area contributed by atoms with Gasteiger partial charge in [0.1, 0.15) is 0 Å². The Morgan fingerprint density at radius 2 is 1.81 bits per heavy atom. The van der Waals surface area contributed by atoms with E-state index in [-0.39, 0.29) is 24.0 Å². The number of rotatable bonds is 8. The van der Waals surface area contributed by atoms with E-state index in [1.807, 2.05) is 24.4 Å². The molecule has 0 aliphatic rings. The lowest BCUT2D eigenvalue weighted by Crippen LogP contribution is -2.46. The second-order valence-electron chi connectivity index (χ2n) is 6.26. The maximum absolute atomic E-state index is 4.34. The summed E-state index contributed by atoms with van der Waals surface area (Å²) in [5.41, 5.74) is 2.43. The number of aliphatic imine (C=N–C) groups is 1. The Morgan fingerprint density at radius 3 is 2.42 bits per heavy atom. The number of benzene rings is 1. The molecule has 1 aromatic carbocycles. The largest absolute Gasteiger partial charge is 0.356 e. The first-order chi connectivity index (χ1) is 12.2. The van der Waals surface area contributed by atoms with Crippen LogP contribution in [0.1, 0.15) is 11.3 Å². The lowest BCUT2D eigenvalue weighted by Gasteiger charge is -2.25. The molecule has 6 heteroatoms. The van der Waals surface area contributed by atoms with Gasteiger partial charge in [0.2, 0.25) is 0 Å². The predicted molar refractivity (Wildman–Crippen MR) is 120 cm³/mol. The minimum absolute atomic E-state index is 0. The summed E-state index contributed by atoms with van der Waals surface area (Å²) in [4.78, 5) is 10.9. The van der Waals surface area contributed by atoms with Gasteiger partial charge in [-0.2, -0.15) is 0 Å². The minimum atomic E-state index is 0. The molecule has 1 aromatic heterocycles. The van der Waals surface area contributed by atoms with Crippen LogP contribution in [0, 0.1) is 0 Å². The van der Waals surface area contributed by atoms with E-state index in [9.17, 15) is 0 Å². The SMILES string of the molecule is CN=C(NCCc1ccccn1)NCC(Cc1ccccc1)N(C)C.I. The molecule has 0 saturated carbocycles. The van der Waals surface area contributed by atoms with Gasteiger partial charge in [-0.05, 0) is 38.2 Å². The monoisotopic (exact) mass is 467 g/mol. The fourth-order valence-corrected chi connectivity index (χ4v) is 2.61. The molecule has 26 heavy (non-hydrogen) atoms. The van der Waals surface area contributed by atoms with Gasteiger partial charge in [0, 0.05) is 44.5 Å². The number of likely N-dealkylation sites (N-methyl/N-ethyl adjacent to an activating group) is 1. The maximum Gasteiger partial charge on any atom is 0.191 e. The second kappa shape index (κ2) is 12.6. The molecule has 0 amide bonds. The van der Waals surface area contributed by atoms with E-state index in [0.29, 0.717) is 6.04 Å². The Bertz CT molecular complexity index is 631. The minimum Gasteiger partial charge on any atom is -0.356 e. The molecule has 0 aliphatic heterocycles. The van der Waals surface area contributed by atoms with Crippen molar-refractivity contribution in [2.75, 3.05) is 34.2 Å². The third kappa shape index (κ3) is 8.14. The zero-order valence-electron chi connectivity index (χ0n) is 15.9. The number of hydrogen-bond acceptors (Lipinski definition) is 3. The van der Waals surface area contributed by atoms with Crippen LogP contribution in [0.25, 0.3) is 0 Å². The molecule has 5 nitrogen and oxygen atoms in total. The summed E-state index contributed by atoms with van der Waals surface area (Å²) in [6.45, 7) is 1.65. The van der Waals surface area contributed by atoms with E-state index in [2.05, 4.69) is 69.9 Å². The topological polar surface area (TPSA) is 52.6 Å². The Hall–Kier alpha value is -1.67. The van der Waals surface area contributed by atoms with Gasteiger partial charge in [-0.15, -0.1) is 24.0 Å². The van der Waals surface area contributed by atoms with E-state index in [1.165, 1.54) is 5.56 Å². The molecule has 1 atom stereocenters. The second-order valence-corrected chi connectivity index (χ2v) is 6.26. The molecule has 1 unspecified atom stereocenters. The Kier molecular flexibility index (Phi) is 10.9. The first-order valence-corrected chi connectivity index (χ1v) is 8.74. The van der Waals surface area contributed by atoms with Crippen molar-refractivity contribution < 1.29 is 0 Å². The molecule has 0 bridgehead atoms. The predicted octanol–water partition coefficient (Wildman–Crippen LogP) is 2.58. The van der Waals surface area contributed by atoms with Crippen molar-refractivity contribution in [2.45, 2.75) is 18.9 Å². The van der Waals surface area contributed by atoms with Crippen LogP contribution in [-0.4, -0.2) is 56.1 Å². The maximum atomic E-state index is 4.34. The molecule has 0 fully saturated rings. The average Bonchev–Trinajstić information content (AvgIpc) is 2.65. The van der Waals surface area contributed by atoms with E-state index >= 15 is 0 Å². The first-order valence-electron chi connectivity index (χ1n) is 8.74. The highest BCUT2D eigenvalue weighted by Gasteiger charge is 2.12. The number of nitrogens with one attached hydrogen (secondary N) is 2. The normalized spacial score (nSPS) is 12.4. The van der Waals surface area contributed by atoms with Gasteiger partial charge in [-0.3, -0.25) is 9.98 Å². The standard InChI is InChI=1S/C20H29N5.HI/c1-21-20(23-14-12-18-11-7-8-13-22-18)24-16-19(25(2)3)15-17-9-5-4-6-10-17;/h4-11,13,19H,12,14-16H2,1-3H3,(H2,21,23,24);1H. The van der Waals surface area contributed by atoms with E-state index in [4.69, 9.17) is 0 Å². The fraction of sp³-hybridized carbons (Fsp3) is 0.400. The fourth-order valence-electron chi connectivity index (χ4n) is 2.61. The van der Waals surface area contributed by atoms with Crippen LogP contribution in [-0.2, 0) is 12.8 Å². The number of pyridine rings is 1. The van der Waals surface area contributed by atoms with Crippen LogP contribution in [0.3, 0.4) is 0 Å². The third-order valence-electron chi connectivity index (χ3n) is 4.17. The van der Waals surface area contributed by atoms with Crippen LogP contribution >= 0.6 is 24.0 Å². The molecule has 2 aromatic rings. The van der Waals surface area contributed by atoms with Crippen LogP contribution in [0.15, 0.2) is 59.7 Å². The summed E-state index contributed by atoms with van der Waals surface area (Å²) < 4.78 is 0. The number of hydrogen-bond donors (Lipinski definition) is 2. The van der Waals surface area contributed by atoms with Crippen molar-refractivity contribution in [3.05, 3.63) is 66.0 Å². The van der Waals surface area contributed by atoms with Crippen molar-refractivity contribution >= 4 is 29.9 Å². The summed E-state index contributed by atoms with van der Waals surface area (Å²) >= 11 is 0. The summed E-state index contributed by atoms with van der Waals surface area (Å²) in [6, 6.07) is 17.0. The van der Waals surface area contributed by atoms with Crippen molar-refractivity contribution in [3.63, 3.8) is 0 Å². The summed E-state index contributed by atoms with van der Waals surface area (Å²) in [5.74, 6) is 0.829. The first kappa shape index (κ1) is 22.4. The zero-order valence-corrected chi connectivity index (χ0v) is 18.2. The van der Waals surface area contributed by atoms with Gasteiger partial charge >= 0.3 is 0 Å². The van der Waals surface area contributed by atoms with Crippen molar-refractivity contribution in [2.24, 2.45) is 4.99 Å². The molecule has 2 N–H and O–H groups in total. The third-order valence-corrected chi connectivity index (χ3v) is 4.17. The highest BCUT2D eigenvalue weighted by Crippen LogP contribution is 2.06. The van der Waals surface area contributed by atoms with E-state index in [0.717, 1.165) is 37.6 Å². The van der Waals surface area contributed by atoms with Crippen LogP contribution in [0.5, 0.6) is 0 Å². The van der Waals surface area contributed by atoms with Crippen molar-refractivity contribution in [1.82, 2.24) is 20.5 Å². The lowest BCUT2D eigenvalue weighted by molar-refractivity contribution is 0.290. The molecule has 2 rings (SSSR count). The average molecular weight is 467 g/mol. The Labute approximate surface area is 174 Å². The van der Waals surface area contributed by atoms with Crippen LogP contribution in [0.4, 0.5) is 0 Å². The summed E-state index contributed by atoms with van der Waals surface area (Å²) in [5, 5.41) is 6.79. The zero-order chi connectivity index (χ0) is 17.9. The van der Waals surface area contributed by atoms with Gasteiger partial charge in [0.15, 0.2) is 5.96 Å². The quantitative estimate of drug-likeness (QED) is 0.356. The van der Waals surface area contributed by atoms with Crippen LogP contribution in [0.2, 0.25) is 0 Å². The van der Waals surface area contributed by atoms with Gasteiger partial charge < -0.3 is 15.5 Å². The number of nitrogens with zero attached hydrogens (tertiary/aromatic N) is 3. The Balaban J connectivity index is 0.00000338. The van der Waals surface area contributed by atoms with E-state index < -0.39 is 0 Å². The number of halogens is 1. The highest BCUT2D eigenvalue weighted by atomic mass is 127. The highest BCUT2D eigenvalue weighted by molar-refractivity contribution is 14.0.